The van der Waals surface area contributed by atoms with Crippen molar-refractivity contribution >= 4 is 28.9 Å². The molecule has 0 bridgehead atoms. The first kappa shape index (κ1) is 18.5. The number of hydrogen-bond donors (Lipinski definition) is 0. The van der Waals surface area contributed by atoms with Crippen LogP contribution in [0.1, 0.15) is 29.5 Å². The predicted octanol–water partition coefficient (Wildman–Crippen LogP) is 6.74. The maximum atomic E-state index is 12.6. The van der Waals surface area contributed by atoms with E-state index in [0.717, 1.165) is 23.2 Å². The number of nitrogens with zero attached hydrogens (tertiary/aromatic N) is 1. The van der Waals surface area contributed by atoms with E-state index in [9.17, 15) is 13.2 Å². The van der Waals surface area contributed by atoms with E-state index in [1.54, 1.807) is 12.1 Å². The Kier molecular flexibility index (Phi) is 4.55. The fourth-order valence-corrected chi connectivity index (χ4v) is 4.79. The fourth-order valence-electron chi connectivity index (χ4n) is 4.27. The van der Waals surface area contributed by atoms with Crippen LogP contribution in [0.3, 0.4) is 0 Å². The molecule has 0 fully saturated rings. The van der Waals surface area contributed by atoms with Crippen LogP contribution in [-0.4, -0.2) is 13.4 Å². The number of benzene rings is 2. The van der Waals surface area contributed by atoms with E-state index in [-0.39, 0.29) is 23.6 Å². The van der Waals surface area contributed by atoms with E-state index in [1.165, 1.54) is 12.1 Å². The molecule has 27 heavy (non-hydrogen) atoms. The van der Waals surface area contributed by atoms with Gasteiger partial charge in [0.15, 0.2) is 0 Å². The Hall–Kier alpha value is -1.85. The topological polar surface area (TPSA) is 12.5 Å². The van der Waals surface area contributed by atoms with Crippen molar-refractivity contribution < 1.29 is 17.9 Å². The Morgan fingerprint density at radius 1 is 1.07 bits per heavy atom. The number of hydrogen-bond acceptors (Lipinski definition) is 2. The summed E-state index contributed by atoms with van der Waals surface area (Å²) in [6, 6.07) is 9.97. The minimum Gasteiger partial charge on any atom is -0.406 e. The molecular formula is C20H16Cl2F3NO. The lowest BCUT2D eigenvalue weighted by Gasteiger charge is -2.44. The van der Waals surface area contributed by atoms with Gasteiger partial charge in [-0.25, -0.2) is 0 Å². The third kappa shape index (κ3) is 3.39. The monoisotopic (exact) mass is 413 g/mol. The van der Waals surface area contributed by atoms with E-state index in [2.05, 4.69) is 21.8 Å². The predicted molar refractivity (Wildman–Crippen MR) is 101 cm³/mol. The maximum absolute atomic E-state index is 12.6. The molecule has 1 aliphatic carbocycles. The molecule has 0 saturated heterocycles. The van der Waals surface area contributed by atoms with Gasteiger partial charge >= 0.3 is 6.36 Å². The molecule has 0 spiro atoms. The molecule has 4 rings (SSSR count). The second-order valence-electron chi connectivity index (χ2n) is 6.84. The first-order valence-electron chi connectivity index (χ1n) is 8.49. The van der Waals surface area contributed by atoms with Crippen molar-refractivity contribution in [1.29, 1.82) is 0 Å². The van der Waals surface area contributed by atoms with Crippen LogP contribution in [0.2, 0.25) is 10.0 Å². The zero-order chi connectivity index (χ0) is 19.3. The molecule has 142 valence electrons. The molecule has 2 aromatic carbocycles. The van der Waals surface area contributed by atoms with Gasteiger partial charge in [0.2, 0.25) is 0 Å². The highest BCUT2D eigenvalue weighted by atomic mass is 35.5. The van der Waals surface area contributed by atoms with Gasteiger partial charge in [-0.15, -0.1) is 13.2 Å². The van der Waals surface area contributed by atoms with Gasteiger partial charge in [-0.2, -0.15) is 0 Å². The van der Waals surface area contributed by atoms with Crippen LogP contribution >= 0.6 is 23.2 Å². The summed E-state index contributed by atoms with van der Waals surface area (Å²) in [4.78, 5) is 2.08. The molecule has 3 atom stereocenters. The summed E-state index contributed by atoms with van der Waals surface area (Å²) in [5.74, 6) is -0.0243. The minimum atomic E-state index is -4.71. The number of ether oxygens (including phenoxy) is 1. The molecule has 1 heterocycles. The minimum absolute atomic E-state index is 0.00310. The number of halogens is 5. The second-order valence-corrected chi connectivity index (χ2v) is 7.69. The van der Waals surface area contributed by atoms with Crippen molar-refractivity contribution in [2.75, 3.05) is 11.9 Å². The van der Waals surface area contributed by atoms with E-state index in [4.69, 9.17) is 23.2 Å². The molecule has 2 nitrogen and oxygen atoms in total. The van der Waals surface area contributed by atoms with E-state index < -0.39 is 6.36 Å². The largest absolute Gasteiger partial charge is 0.573 e. The average molecular weight is 414 g/mol. The Bertz CT molecular complexity index is 913. The molecule has 2 aliphatic rings. The van der Waals surface area contributed by atoms with Gasteiger partial charge in [-0.1, -0.05) is 41.4 Å². The number of alkyl halides is 3. The molecule has 1 aliphatic heterocycles. The molecule has 0 saturated carbocycles. The van der Waals surface area contributed by atoms with Gasteiger partial charge in [-0.3, -0.25) is 0 Å². The summed E-state index contributed by atoms with van der Waals surface area (Å²) < 4.78 is 41.9. The first-order chi connectivity index (χ1) is 12.7. The zero-order valence-electron chi connectivity index (χ0n) is 14.3. The molecule has 7 heteroatoms. The summed E-state index contributed by atoms with van der Waals surface area (Å²) >= 11 is 12.5. The summed E-state index contributed by atoms with van der Waals surface area (Å²) in [6.07, 6.45) is 0.249. The molecule has 0 N–H and O–H groups in total. The lowest BCUT2D eigenvalue weighted by molar-refractivity contribution is -0.274. The summed E-state index contributed by atoms with van der Waals surface area (Å²) in [5, 5.41) is 1.16. The van der Waals surface area contributed by atoms with Crippen molar-refractivity contribution in [3.05, 3.63) is 69.7 Å². The molecule has 2 aromatic rings. The maximum Gasteiger partial charge on any atom is 0.573 e. The van der Waals surface area contributed by atoms with Crippen molar-refractivity contribution in [2.24, 2.45) is 5.92 Å². The Labute approximate surface area is 165 Å². The molecule has 0 radical (unpaired) electrons. The summed E-state index contributed by atoms with van der Waals surface area (Å²) in [6.45, 7) is 0. The second kappa shape index (κ2) is 6.64. The quantitative estimate of drug-likeness (QED) is 0.505. The molecule has 3 unspecified atom stereocenters. The molecular weight excluding hydrogens is 398 g/mol. The van der Waals surface area contributed by atoms with Crippen molar-refractivity contribution in [3.63, 3.8) is 0 Å². The van der Waals surface area contributed by atoms with Gasteiger partial charge in [0.25, 0.3) is 0 Å². The number of allylic oxidation sites excluding steroid dienone is 2. The van der Waals surface area contributed by atoms with Gasteiger partial charge < -0.3 is 9.64 Å². The first-order valence-corrected chi connectivity index (χ1v) is 9.24. The molecule has 0 aromatic heterocycles. The Balaban J connectivity index is 1.78. The SMILES string of the molecule is CN1c2ccc(OC(F)(F)F)cc2C2C=CCC2C1c1ccc(Cl)cc1Cl. The third-order valence-corrected chi connectivity index (χ3v) is 5.85. The van der Waals surface area contributed by atoms with Gasteiger partial charge in [0, 0.05) is 28.7 Å². The standard InChI is InChI=1S/C20H16Cl2F3NO/c1-26-18-8-6-12(27-20(23,24)25)10-16(18)13-3-2-4-14(13)19(26)15-7-5-11(21)9-17(15)22/h2-3,5-10,13-14,19H,4H2,1H3. The van der Waals surface area contributed by atoms with E-state index >= 15 is 0 Å². The van der Waals surface area contributed by atoms with Crippen LogP contribution < -0.4 is 9.64 Å². The van der Waals surface area contributed by atoms with Crippen LogP contribution in [0.5, 0.6) is 5.75 Å². The summed E-state index contributed by atoms with van der Waals surface area (Å²) in [7, 11) is 1.94. The lowest BCUT2D eigenvalue weighted by Crippen LogP contribution is -2.37. The summed E-state index contributed by atoms with van der Waals surface area (Å²) in [5.41, 5.74) is 2.66. The lowest BCUT2D eigenvalue weighted by atomic mass is 9.76. The third-order valence-electron chi connectivity index (χ3n) is 5.29. The van der Waals surface area contributed by atoms with Gasteiger partial charge in [0.05, 0.1) is 6.04 Å². The van der Waals surface area contributed by atoms with Crippen molar-refractivity contribution in [2.45, 2.75) is 24.7 Å². The number of rotatable bonds is 2. The van der Waals surface area contributed by atoms with Crippen LogP contribution in [0.25, 0.3) is 0 Å². The number of anilines is 1. The zero-order valence-corrected chi connectivity index (χ0v) is 15.8. The highest BCUT2D eigenvalue weighted by Crippen LogP contribution is 2.54. The van der Waals surface area contributed by atoms with Crippen LogP contribution in [0.4, 0.5) is 18.9 Å². The number of fused-ring (bicyclic) bond motifs is 3. The van der Waals surface area contributed by atoms with E-state index in [1.807, 2.05) is 19.2 Å². The fraction of sp³-hybridized carbons (Fsp3) is 0.300. The average Bonchev–Trinajstić information content (AvgIpc) is 3.04. The van der Waals surface area contributed by atoms with Gasteiger partial charge in [0.1, 0.15) is 5.75 Å². The van der Waals surface area contributed by atoms with Crippen molar-refractivity contribution in [1.82, 2.24) is 0 Å². The van der Waals surface area contributed by atoms with E-state index in [0.29, 0.717) is 10.0 Å². The van der Waals surface area contributed by atoms with Crippen molar-refractivity contribution in [3.8, 4) is 5.75 Å². The Morgan fingerprint density at radius 2 is 1.85 bits per heavy atom. The van der Waals surface area contributed by atoms with Gasteiger partial charge in [-0.05, 0) is 53.8 Å². The molecule has 0 amide bonds. The highest BCUT2D eigenvalue weighted by Gasteiger charge is 2.42. The highest BCUT2D eigenvalue weighted by molar-refractivity contribution is 6.35. The van der Waals surface area contributed by atoms with Crippen LogP contribution in [0, 0.1) is 5.92 Å². The Morgan fingerprint density at radius 3 is 2.56 bits per heavy atom. The normalized spacial score (nSPS) is 23.9. The van der Waals surface area contributed by atoms with Crippen LogP contribution in [-0.2, 0) is 0 Å². The smallest absolute Gasteiger partial charge is 0.406 e. The van der Waals surface area contributed by atoms with Crippen LogP contribution in [0.15, 0.2) is 48.6 Å².